The fourth-order valence-electron chi connectivity index (χ4n) is 2.79. The van der Waals surface area contributed by atoms with Gasteiger partial charge < -0.3 is 9.47 Å². The molecule has 18 heavy (non-hydrogen) atoms. The first-order chi connectivity index (χ1) is 8.83. The highest BCUT2D eigenvalue weighted by molar-refractivity contribution is 9.11. The molecule has 0 saturated carbocycles. The van der Waals surface area contributed by atoms with E-state index in [0.29, 0.717) is 0 Å². The Labute approximate surface area is 115 Å². The van der Waals surface area contributed by atoms with Crippen LogP contribution in [-0.2, 0) is 11.2 Å². The molecular weight excluding hydrogens is 292 g/mol. The van der Waals surface area contributed by atoms with Crippen LogP contribution in [0, 0.1) is 0 Å². The Hall–Kier alpha value is -1.02. The summed E-state index contributed by atoms with van der Waals surface area (Å²) in [5.41, 5.74) is 5.61. The van der Waals surface area contributed by atoms with Crippen LogP contribution in [0.2, 0.25) is 0 Å². The highest BCUT2D eigenvalue weighted by atomic mass is 79.9. The first-order valence-electron chi connectivity index (χ1n) is 6.28. The summed E-state index contributed by atoms with van der Waals surface area (Å²) in [6, 6.07) is 6.26. The van der Waals surface area contributed by atoms with Crippen molar-refractivity contribution in [3.8, 4) is 5.75 Å². The molecule has 0 radical (unpaired) electrons. The lowest BCUT2D eigenvalue weighted by atomic mass is 9.98. The van der Waals surface area contributed by atoms with Gasteiger partial charge in [-0.3, -0.25) is 0 Å². The summed E-state index contributed by atoms with van der Waals surface area (Å²) < 4.78 is 12.1. The molecule has 2 heterocycles. The van der Waals surface area contributed by atoms with Crippen molar-refractivity contribution in [3.05, 3.63) is 46.1 Å². The first-order valence-corrected chi connectivity index (χ1v) is 7.20. The number of rotatable bonds is 2. The van der Waals surface area contributed by atoms with Crippen molar-refractivity contribution >= 4 is 15.9 Å². The molecule has 1 aromatic carbocycles. The van der Waals surface area contributed by atoms with Gasteiger partial charge in [0.25, 0.3) is 0 Å². The average Bonchev–Trinajstić information content (AvgIpc) is 2.92. The number of hydrogen-bond acceptors (Lipinski definition) is 2. The van der Waals surface area contributed by atoms with E-state index in [4.69, 9.17) is 9.47 Å². The van der Waals surface area contributed by atoms with Gasteiger partial charge in [0.05, 0.1) is 6.10 Å². The standard InChI is InChI=1S/C15H15BrO2/c1-2-10-5-3-7-12-14(10)15-13(18-12)9-11(17-15)6-4-8-16/h3,5-8,11,13,15H,2,9H2,1H3. The quantitative estimate of drug-likeness (QED) is 0.771. The van der Waals surface area contributed by atoms with Crippen LogP contribution in [0.25, 0.3) is 0 Å². The Kier molecular flexibility index (Phi) is 3.29. The molecule has 1 aromatic rings. The Bertz CT molecular complexity index is 517. The van der Waals surface area contributed by atoms with Crippen molar-refractivity contribution in [1.82, 2.24) is 0 Å². The van der Waals surface area contributed by atoms with Crippen LogP contribution in [0.5, 0.6) is 5.75 Å². The zero-order valence-electron chi connectivity index (χ0n) is 10.2. The number of hydrogen-bond donors (Lipinski definition) is 0. The molecule has 94 valence electrons. The van der Waals surface area contributed by atoms with E-state index >= 15 is 0 Å². The molecule has 3 rings (SSSR count). The number of benzene rings is 1. The molecule has 2 aliphatic rings. The van der Waals surface area contributed by atoms with Crippen molar-refractivity contribution in [2.75, 3.05) is 0 Å². The van der Waals surface area contributed by atoms with Crippen molar-refractivity contribution in [1.29, 1.82) is 0 Å². The molecule has 1 saturated heterocycles. The van der Waals surface area contributed by atoms with E-state index < -0.39 is 0 Å². The molecule has 0 aliphatic carbocycles. The number of fused-ring (bicyclic) bond motifs is 3. The summed E-state index contributed by atoms with van der Waals surface area (Å²) in [6.45, 7) is 2.17. The normalized spacial score (nSPS) is 28.0. The lowest BCUT2D eigenvalue weighted by Gasteiger charge is -2.11. The second-order valence-electron chi connectivity index (χ2n) is 4.61. The lowest BCUT2D eigenvalue weighted by molar-refractivity contribution is 0.0519. The van der Waals surface area contributed by atoms with E-state index in [1.165, 1.54) is 11.1 Å². The molecule has 3 atom stereocenters. The second kappa shape index (κ2) is 4.93. The third-order valence-electron chi connectivity index (χ3n) is 3.57. The third kappa shape index (κ3) is 1.93. The molecule has 0 amide bonds. The molecule has 0 N–H and O–H groups in total. The van der Waals surface area contributed by atoms with Gasteiger partial charge in [0.15, 0.2) is 0 Å². The zero-order valence-corrected chi connectivity index (χ0v) is 11.8. The van der Waals surface area contributed by atoms with Crippen LogP contribution >= 0.6 is 15.9 Å². The minimum atomic E-state index is 0.0922. The van der Waals surface area contributed by atoms with Gasteiger partial charge in [-0.25, -0.2) is 0 Å². The first kappa shape index (κ1) is 12.0. The maximum absolute atomic E-state index is 6.07. The highest BCUT2D eigenvalue weighted by Gasteiger charge is 2.44. The Morgan fingerprint density at radius 1 is 1.50 bits per heavy atom. The highest BCUT2D eigenvalue weighted by Crippen LogP contribution is 2.47. The summed E-state index contributed by atoms with van der Waals surface area (Å²) in [5.74, 6) is 1.00. The van der Waals surface area contributed by atoms with Crippen LogP contribution in [0.4, 0.5) is 0 Å². The van der Waals surface area contributed by atoms with Gasteiger partial charge in [-0.15, -0.1) is 5.73 Å². The molecule has 2 aliphatic heterocycles. The van der Waals surface area contributed by atoms with Gasteiger partial charge in [0.2, 0.25) is 0 Å². The van der Waals surface area contributed by atoms with Crippen molar-refractivity contribution < 1.29 is 9.47 Å². The minimum absolute atomic E-state index is 0.0922. The van der Waals surface area contributed by atoms with E-state index in [0.717, 1.165) is 18.6 Å². The van der Waals surface area contributed by atoms with Crippen LogP contribution in [0.3, 0.4) is 0 Å². The van der Waals surface area contributed by atoms with E-state index in [1.54, 1.807) is 4.99 Å². The SMILES string of the molecule is CCc1cccc2c1C1OC(C=C=CBr)CC1O2. The Balaban J connectivity index is 1.90. The fourth-order valence-corrected chi connectivity index (χ4v) is 2.94. The molecule has 3 unspecified atom stereocenters. The number of halogens is 1. The topological polar surface area (TPSA) is 18.5 Å². The second-order valence-corrected chi connectivity index (χ2v) is 5.07. The monoisotopic (exact) mass is 306 g/mol. The maximum atomic E-state index is 6.07. The zero-order chi connectivity index (χ0) is 12.5. The van der Waals surface area contributed by atoms with Crippen LogP contribution in [0.15, 0.2) is 35.0 Å². The van der Waals surface area contributed by atoms with Gasteiger partial charge in [-0.1, -0.05) is 35.0 Å². The molecular formula is C15H15BrO2. The van der Waals surface area contributed by atoms with Crippen LogP contribution < -0.4 is 4.74 Å². The molecule has 0 spiro atoms. The fraction of sp³-hybridized carbons (Fsp3) is 0.400. The minimum Gasteiger partial charge on any atom is -0.487 e. The Morgan fingerprint density at radius 3 is 3.17 bits per heavy atom. The van der Waals surface area contributed by atoms with Crippen LogP contribution in [0.1, 0.15) is 30.6 Å². The number of aryl methyl sites for hydroxylation is 1. The van der Waals surface area contributed by atoms with Gasteiger partial charge in [0, 0.05) is 17.0 Å². The lowest BCUT2D eigenvalue weighted by Crippen LogP contribution is -2.12. The average molecular weight is 307 g/mol. The predicted octanol–water partition coefficient (Wildman–Crippen LogP) is 3.90. The predicted molar refractivity (Wildman–Crippen MR) is 74.0 cm³/mol. The van der Waals surface area contributed by atoms with Gasteiger partial charge >= 0.3 is 0 Å². The summed E-state index contributed by atoms with van der Waals surface area (Å²) in [4.78, 5) is 1.72. The van der Waals surface area contributed by atoms with E-state index in [1.807, 2.05) is 12.1 Å². The third-order valence-corrected chi connectivity index (χ3v) is 3.83. The van der Waals surface area contributed by atoms with Crippen molar-refractivity contribution in [2.24, 2.45) is 0 Å². The number of ether oxygens (including phenoxy) is 2. The Morgan fingerprint density at radius 2 is 2.39 bits per heavy atom. The van der Waals surface area contributed by atoms with Crippen molar-refractivity contribution in [3.63, 3.8) is 0 Å². The largest absolute Gasteiger partial charge is 0.487 e. The van der Waals surface area contributed by atoms with Gasteiger partial charge in [-0.05, 0) is 24.1 Å². The molecule has 3 heteroatoms. The van der Waals surface area contributed by atoms with Crippen LogP contribution in [-0.4, -0.2) is 12.2 Å². The summed E-state index contributed by atoms with van der Waals surface area (Å²) >= 11 is 3.21. The van der Waals surface area contributed by atoms with Gasteiger partial charge in [0.1, 0.15) is 18.0 Å². The molecule has 0 aromatic heterocycles. The summed E-state index contributed by atoms with van der Waals surface area (Å²) in [7, 11) is 0. The summed E-state index contributed by atoms with van der Waals surface area (Å²) in [6.07, 6.45) is 4.22. The molecule has 0 bridgehead atoms. The molecule has 2 nitrogen and oxygen atoms in total. The smallest absolute Gasteiger partial charge is 0.132 e. The summed E-state index contributed by atoms with van der Waals surface area (Å²) in [5, 5.41) is 0. The maximum Gasteiger partial charge on any atom is 0.132 e. The van der Waals surface area contributed by atoms with E-state index in [-0.39, 0.29) is 18.3 Å². The van der Waals surface area contributed by atoms with Gasteiger partial charge in [-0.2, -0.15) is 0 Å². The van der Waals surface area contributed by atoms with Crippen molar-refractivity contribution in [2.45, 2.75) is 38.1 Å². The van der Waals surface area contributed by atoms with E-state index in [9.17, 15) is 0 Å². The molecule has 1 fully saturated rings. The van der Waals surface area contributed by atoms with E-state index in [2.05, 4.69) is 40.7 Å².